The standard InChI is InChI=1S/C22H18N4/c1-3-9-18(10-4-1)20-16-25-22(24-15-17-8-7-13-23-14-17)26-21(20)19-11-5-2-6-12-19/h1-14,16H,15H2,(H,24,25,26). The lowest BCUT2D eigenvalue weighted by Crippen LogP contribution is -2.05. The summed E-state index contributed by atoms with van der Waals surface area (Å²) in [7, 11) is 0. The molecular formula is C22H18N4. The van der Waals surface area contributed by atoms with E-state index in [-0.39, 0.29) is 0 Å². The number of hydrogen-bond donors (Lipinski definition) is 1. The number of anilines is 1. The summed E-state index contributed by atoms with van der Waals surface area (Å²) in [6.07, 6.45) is 5.49. The first-order valence-corrected chi connectivity index (χ1v) is 8.51. The second-order valence-electron chi connectivity index (χ2n) is 5.90. The van der Waals surface area contributed by atoms with Gasteiger partial charge in [-0.15, -0.1) is 0 Å². The van der Waals surface area contributed by atoms with E-state index >= 15 is 0 Å². The Balaban J connectivity index is 1.70. The fourth-order valence-electron chi connectivity index (χ4n) is 2.80. The van der Waals surface area contributed by atoms with Gasteiger partial charge < -0.3 is 5.32 Å². The molecule has 4 aromatic rings. The number of benzene rings is 2. The van der Waals surface area contributed by atoms with Gasteiger partial charge in [-0.1, -0.05) is 66.7 Å². The summed E-state index contributed by atoms with van der Waals surface area (Å²) < 4.78 is 0. The molecule has 0 spiro atoms. The van der Waals surface area contributed by atoms with E-state index in [0.717, 1.165) is 27.9 Å². The molecule has 0 atom stereocenters. The fraction of sp³-hybridized carbons (Fsp3) is 0.0455. The highest BCUT2D eigenvalue weighted by Gasteiger charge is 2.11. The molecule has 0 unspecified atom stereocenters. The molecule has 0 aliphatic carbocycles. The van der Waals surface area contributed by atoms with E-state index in [0.29, 0.717) is 12.5 Å². The summed E-state index contributed by atoms with van der Waals surface area (Å²) in [4.78, 5) is 13.4. The SMILES string of the molecule is c1ccc(-c2cnc(NCc3cccnc3)nc2-c2ccccc2)cc1. The number of nitrogens with one attached hydrogen (secondary N) is 1. The Morgan fingerprint density at radius 3 is 2.15 bits per heavy atom. The maximum Gasteiger partial charge on any atom is 0.223 e. The van der Waals surface area contributed by atoms with Crippen molar-refractivity contribution in [2.75, 3.05) is 5.32 Å². The van der Waals surface area contributed by atoms with Crippen molar-refractivity contribution >= 4 is 5.95 Å². The lowest BCUT2D eigenvalue weighted by atomic mass is 10.0. The zero-order valence-corrected chi connectivity index (χ0v) is 14.2. The van der Waals surface area contributed by atoms with Crippen molar-refractivity contribution < 1.29 is 0 Å². The van der Waals surface area contributed by atoms with E-state index in [1.165, 1.54) is 0 Å². The number of aromatic nitrogens is 3. The van der Waals surface area contributed by atoms with E-state index in [1.54, 1.807) is 6.20 Å². The topological polar surface area (TPSA) is 50.7 Å². The Morgan fingerprint density at radius 1 is 0.731 bits per heavy atom. The predicted molar refractivity (Wildman–Crippen MR) is 104 cm³/mol. The van der Waals surface area contributed by atoms with Crippen molar-refractivity contribution in [1.82, 2.24) is 15.0 Å². The summed E-state index contributed by atoms with van der Waals surface area (Å²) in [5, 5.41) is 3.29. The lowest BCUT2D eigenvalue weighted by molar-refractivity contribution is 1.04. The van der Waals surface area contributed by atoms with E-state index in [2.05, 4.69) is 39.6 Å². The molecule has 2 heterocycles. The van der Waals surface area contributed by atoms with Gasteiger partial charge >= 0.3 is 0 Å². The van der Waals surface area contributed by atoms with Crippen molar-refractivity contribution in [3.63, 3.8) is 0 Å². The minimum absolute atomic E-state index is 0.604. The number of nitrogens with zero attached hydrogens (tertiary/aromatic N) is 3. The van der Waals surface area contributed by atoms with Crippen LogP contribution in [-0.4, -0.2) is 15.0 Å². The summed E-state index contributed by atoms with van der Waals surface area (Å²) in [5.41, 5.74) is 5.19. The molecule has 0 fully saturated rings. The molecule has 0 radical (unpaired) electrons. The van der Waals surface area contributed by atoms with Crippen LogP contribution in [0.1, 0.15) is 5.56 Å². The van der Waals surface area contributed by atoms with Crippen LogP contribution in [0.15, 0.2) is 91.4 Å². The molecule has 4 nitrogen and oxygen atoms in total. The largest absolute Gasteiger partial charge is 0.350 e. The summed E-state index contributed by atoms with van der Waals surface area (Å²) in [6.45, 7) is 0.632. The monoisotopic (exact) mass is 338 g/mol. The van der Waals surface area contributed by atoms with Crippen molar-refractivity contribution in [3.8, 4) is 22.4 Å². The Hall–Kier alpha value is -3.53. The molecule has 0 amide bonds. The van der Waals surface area contributed by atoms with E-state index < -0.39 is 0 Å². The summed E-state index contributed by atoms with van der Waals surface area (Å²) in [5.74, 6) is 0.604. The fourth-order valence-corrected chi connectivity index (χ4v) is 2.80. The van der Waals surface area contributed by atoms with E-state index in [4.69, 9.17) is 4.98 Å². The molecule has 4 rings (SSSR count). The first-order valence-electron chi connectivity index (χ1n) is 8.51. The van der Waals surface area contributed by atoms with Gasteiger partial charge in [-0.05, 0) is 17.2 Å². The maximum absolute atomic E-state index is 4.79. The van der Waals surface area contributed by atoms with Crippen LogP contribution >= 0.6 is 0 Å². The molecule has 2 aromatic heterocycles. The lowest BCUT2D eigenvalue weighted by Gasteiger charge is -2.12. The second kappa shape index (κ2) is 7.57. The van der Waals surface area contributed by atoms with Gasteiger partial charge in [0, 0.05) is 36.3 Å². The molecule has 0 bridgehead atoms. The third-order valence-corrected chi connectivity index (χ3v) is 4.09. The van der Waals surface area contributed by atoms with Crippen molar-refractivity contribution in [2.24, 2.45) is 0 Å². The molecule has 126 valence electrons. The molecule has 4 heteroatoms. The van der Waals surface area contributed by atoms with E-state index in [1.807, 2.05) is 60.9 Å². The van der Waals surface area contributed by atoms with Gasteiger partial charge in [-0.25, -0.2) is 9.97 Å². The van der Waals surface area contributed by atoms with Crippen LogP contribution in [0, 0.1) is 0 Å². The third kappa shape index (κ3) is 3.59. The highest BCUT2D eigenvalue weighted by atomic mass is 15.1. The van der Waals surface area contributed by atoms with Crippen LogP contribution in [0.4, 0.5) is 5.95 Å². The van der Waals surface area contributed by atoms with Gasteiger partial charge in [-0.2, -0.15) is 0 Å². The molecule has 0 saturated carbocycles. The Morgan fingerprint density at radius 2 is 1.46 bits per heavy atom. The highest BCUT2D eigenvalue weighted by molar-refractivity contribution is 5.80. The third-order valence-electron chi connectivity index (χ3n) is 4.09. The van der Waals surface area contributed by atoms with Crippen LogP contribution in [0.3, 0.4) is 0 Å². The predicted octanol–water partition coefficient (Wildman–Crippen LogP) is 4.82. The molecule has 0 aliphatic heterocycles. The zero-order valence-electron chi connectivity index (χ0n) is 14.2. The number of rotatable bonds is 5. The normalized spacial score (nSPS) is 10.5. The average molecular weight is 338 g/mol. The van der Waals surface area contributed by atoms with Crippen LogP contribution in [0.2, 0.25) is 0 Å². The Kier molecular flexibility index (Phi) is 4.65. The number of pyridine rings is 1. The first-order chi connectivity index (χ1) is 12.9. The minimum atomic E-state index is 0.604. The van der Waals surface area contributed by atoms with Crippen LogP contribution in [0.25, 0.3) is 22.4 Å². The number of hydrogen-bond acceptors (Lipinski definition) is 4. The second-order valence-corrected chi connectivity index (χ2v) is 5.90. The van der Waals surface area contributed by atoms with Gasteiger partial charge in [0.2, 0.25) is 5.95 Å². The van der Waals surface area contributed by atoms with Gasteiger partial charge in [-0.3, -0.25) is 4.98 Å². The summed E-state index contributed by atoms with van der Waals surface area (Å²) in [6, 6.07) is 24.4. The van der Waals surface area contributed by atoms with Crippen LogP contribution in [-0.2, 0) is 6.54 Å². The van der Waals surface area contributed by atoms with Gasteiger partial charge in [0.05, 0.1) is 5.69 Å². The van der Waals surface area contributed by atoms with Crippen molar-refractivity contribution in [2.45, 2.75) is 6.54 Å². The molecule has 2 aromatic carbocycles. The summed E-state index contributed by atoms with van der Waals surface area (Å²) >= 11 is 0. The molecule has 1 N–H and O–H groups in total. The average Bonchev–Trinajstić information content (AvgIpc) is 2.74. The van der Waals surface area contributed by atoms with Crippen molar-refractivity contribution in [3.05, 3.63) is 97.0 Å². The Labute approximate surface area is 152 Å². The first kappa shape index (κ1) is 16.0. The maximum atomic E-state index is 4.79. The highest BCUT2D eigenvalue weighted by Crippen LogP contribution is 2.30. The zero-order chi connectivity index (χ0) is 17.6. The minimum Gasteiger partial charge on any atom is -0.350 e. The molecular weight excluding hydrogens is 320 g/mol. The van der Waals surface area contributed by atoms with Gasteiger partial charge in [0.1, 0.15) is 0 Å². The molecule has 26 heavy (non-hydrogen) atoms. The van der Waals surface area contributed by atoms with E-state index in [9.17, 15) is 0 Å². The quantitative estimate of drug-likeness (QED) is 0.567. The van der Waals surface area contributed by atoms with Gasteiger partial charge in [0.25, 0.3) is 0 Å². The molecule has 0 saturated heterocycles. The van der Waals surface area contributed by atoms with Crippen molar-refractivity contribution in [1.29, 1.82) is 0 Å². The smallest absolute Gasteiger partial charge is 0.223 e. The molecule has 0 aliphatic rings. The van der Waals surface area contributed by atoms with Gasteiger partial charge in [0.15, 0.2) is 0 Å². The van der Waals surface area contributed by atoms with Crippen LogP contribution in [0.5, 0.6) is 0 Å². The van der Waals surface area contributed by atoms with Crippen LogP contribution < -0.4 is 5.32 Å². The Bertz CT molecular complexity index is 971.